The summed E-state index contributed by atoms with van der Waals surface area (Å²) in [5.41, 5.74) is 3.29. The van der Waals surface area contributed by atoms with Crippen molar-refractivity contribution in [3.05, 3.63) is 41.0 Å². The summed E-state index contributed by atoms with van der Waals surface area (Å²) in [7, 11) is 0. The molecule has 0 amide bonds. The molecule has 0 bridgehead atoms. The van der Waals surface area contributed by atoms with Crippen molar-refractivity contribution in [1.29, 1.82) is 0 Å². The fourth-order valence-corrected chi connectivity index (χ4v) is 3.73. The SMILES string of the molecule is CCc1sc2ncnc(O[C@H](C)C(=O)O)c2c1-c1ccccc1C. The van der Waals surface area contributed by atoms with Gasteiger partial charge in [-0.05, 0) is 31.4 Å². The number of nitrogens with zero attached hydrogens (tertiary/aromatic N) is 2. The summed E-state index contributed by atoms with van der Waals surface area (Å²) >= 11 is 1.60. The Labute approximate surface area is 144 Å². The van der Waals surface area contributed by atoms with Gasteiger partial charge in [-0.1, -0.05) is 31.2 Å². The monoisotopic (exact) mass is 342 g/mol. The highest BCUT2D eigenvalue weighted by Crippen LogP contribution is 2.43. The molecule has 3 aromatic rings. The van der Waals surface area contributed by atoms with Crippen molar-refractivity contribution >= 4 is 27.5 Å². The quantitative estimate of drug-likeness (QED) is 0.756. The second-order valence-corrected chi connectivity index (χ2v) is 6.61. The highest BCUT2D eigenvalue weighted by molar-refractivity contribution is 7.19. The summed E-state index contributed by atoms with van der Waals surface area (Å²) in [5, 5.41) is 9.92. The van der Waals surface area contributed by atoms with E-state index >= 15 is 0 Å². The van der Waals surface area contributed by atoms with E-state index in [1.165, 1.54) is 18.1 Å². The highest BCUT2D eigenvalue weighted by atomic mass is 32.1. The Kier molecular flexibility index (Phi) is 4.49. The van der Waals surface area contributed by atoms with E-state index in [0.29, 0.717) is 5.88 Å². The molecule has 2 heterocycles. The van der Waals surface area contributed by atoms with Crippen molar-refractivity contribution in [2.75, 3.05) is 0 Å². The Bertz CT molecular complexity index is 904. The fraction of sp³-hybridized carbons (Fsp3) is 0.278. The largest absolute Gasteiger partial charge is 0.479 e. The molecule has 0 saturated heterocycles. The van der Waals surface area contributed by atoms with Crippen LogP contribution in [-0.2, 0) is 11.2 Å². The van der Waals surface area contributed by atoms with E-state index in [9.17, 15) is 4.79 Å². The number of rotatable bonds is 5. The molecule has 24 heavy (non-hydrogen) atoms. The highest BCUT2D eigenvalue weighted by Gasteiger charge is 2.22. The predicted molar refractivity (Wildman–Crippen MR) is 94.7 cm³/mol. The van der Waals surface area contributed by atoms with E-state index in [4.69, 9.17) is 9.84 Å². The molecule has 3 rings (SSSR count). The molecular formula is C18H18N2O3S. The first-order valence-corrected chi connectivity index (χ1v) is 8.56. The number of aryl methyl sites for hydroxylation is 2. The zero-order valence-corrected chi connectivity index (χ0v) is 14.6. The van der Waals surface area contributed by atoms with E-state index in [0.717, 1.165) is 33.3 Å². The molecule has 1 aromatic carbocycles. The van der Waals surface area contributed by atoms with Crippen LogP contribution in [0.2, 0.25) is 0 Å². The van der Waals surface area contributed by atoms with Crippen LogP contribution in [0.1, 0.15) is 24.3 Å². The van der Waals surface area contributed by atoms with Gasteiger partial charge in [0.1, 0.15) is 11.2 Å². The van der Waals surface area contributed by atoms with E-state index in [-0.39, 0.29) is 0 Å². The molecule has 5 nitrogen and oxygen atoms in total. The Hall–Kier alpha value is -2.47. The van der Waals surface area contributed by atoms with Gasteiger partial charge in [-0.25, -0.2) is 14.8 Å². The minimum Gasteiger partial charge on any atom is -0.479 e. The fourth-order valence-electron chi connectivity index (χ4n) is 2.65. The molecule has 0 aliphatic heterocycles. The summed E-state index contributed by atoms with van der Waals surface area (Å²) in [6.07, 6.45) is 1.31. The molecule has 0 aliphatic carbocycles. The van der Waals surface area contributed by atoms with Gasteiger partial charge in [-0.3, -0.25) is 0 Å². The number of hydrogen-bond donors (Lipinski definition) is 1. The van der Waals surface area contributed by atoms with E-state index in [1.54, 1.807) is 11.3 Å². The van der Waals surface area contributed by atoms with Gasteiger partial charge in [0.2, 0.25) is 5.88 Å². The number of hydrogen-bond acceptors (Lipinski definition) is 5. The first-order chi connectivity index (χ1) is 11.5. The Morgan fingerprint density at radius 1 is 1.33 bits per heavy atom. The first kappa shape index (κ1) is 16.4. The van der Waals surface area contributed by atoms with Crippen LogP contribution in [-0.4, -0.2) is 27.1 Å². The van der Waals surface area contributed by atoms with E-state index < -0.39 is 12.1 Å². The van der Waals surface area contributed by atoms with Gasteiger partial charge in [0.25, 0.3) is 0 Å². The standard InChI is InChI=1S/C18H18N2O3S/c1-4-13-14(12-8-6-5-7-10(12)2)15-16(23-11(3)18(21)22)19-9-20-17(15)24-13/h5-9,11H,4H2,1-3H3,(H,21,22)/t11-/m1/s1. The van der Waals surface area contributed by atoms with Crippen LogP contribution in [0.15, 0.2) is 30.6 Å². The van der Waals surface area contributed by atoms with Crippen molar-refractivity contribution in [3.8, 4) is 17.0 Å². The minimum absolute atomic E-state index is 0.323. The Morgan fingerprint density at radius 3 is 2.75 bits per heavy atom. The molecule has 0 unspecified atom stereocenters. The molecule has 0 saturated carbocycles. The number of aliphatic carboxylic acids is 1. The smallest absolute Gasteiger partial charge is 0.344 e. The van der Waals surface area contributed by atoms with Crippen molar-refractivity contribution in [1.82, 2.24) is 9.97 Å². The van der Waals surface area contributed by atoms with Gasteiger partial charge in [-0.2, -0.15) is 0 Å². The van der Waals surface area contributed by atoms with Crippen LogP contribution in [0.4, 0.5) is 0 Å². The summed E-state index contributed by atoms with van der Waals surface area (Å²) < 4.78 is 5.60. The lowest BCUT2D eigenvalue weighted by atomic mass is 9.98. The third-order valence-electron chi connectivity index (χ3n) is 3.90. The average molecular weight is 342 g/mol. The van der Waals surface area contributed by atoms with E-state index in [1.807, 2.05) is 12.1 Å². The molecule has 0 radical (unpaired) electrons. The second-order valence-electron chi connectivity index (χ2n) is 5.53. The molecule has 0 spiro atoms. The topological polar surface area (TPSA) is 72.3 Å². The zero-order chi connectivity index (χ0) is 17.3. The normalized spacial score (nSPS) is 12.3. The number of carboxylic acids is 1. The van der Waals surface area contributed by atoms with Crippen LogP contribution in [0.25, 0.3) is 21.3 Å². The molecule has 6 heteroatoms. The number of carbonyl (C=O) groups is 1. The van der Waals surface area contributed by atoms with Crippen LogP contribution in [0.3, 0.4) is 0 Å². The summed E-state index contributed by atoms with van der Waals surface area (Å²) in [6, 6.07) is 8.12. The maximum Gasteiger partial charge on any atom is 0.344 e. The molecule has 0 aliphatic rings. The molecular weight excluding hydrogens is 324 g/mol. The van der Waals surface area contributed by atoms with Crippen molar-refractivity contribution < 1.29 is 14.6 Å². The number of benzene rings is 1. The van der Waals surface area contributed by atoms with Gasteiger partial charge < -0.3 is 9.84 Å². The lowest BCUT2D eigenvalue weighted by Crippen LogP contribution is -2.23. The Morgan fingerprint density at radius 2 is 2.08 bits per heavy atom. The number of aromatic nitrogens is 2. The van der Waals surface area contributed by atoms with Crippen LogP contribution in [0.5, 0.6) is 5.88 Å². The van der Waals surface area contributed by atoms with Gasteiger partial charge in [0.05, 0.1) is 5.39 Å². The third kappa shape index (κ3) is 2.85. The summed E-state index contributed by atoms with van der Waals surface area (Å²) in [5.74, 6) is -0.700. The summed E-state index contributed by atoms with van der Waals surface area (Å²) in [6.45, 7) is 5.65. The van der Waals surface area contributed by atoms with Crippen LogP contribution < -0.4 is 4.74 Å². The van der Waals surface area contributed by atoms with Crippen molar-refractivity contribution in [2.45, 2.75) is 33.3 Å². The molecule has 1 N–H and O–H groups in total. The molecule has 1 atom stereocenters. The third-order valence-corrected chi connectivity index (χ3v) is 5.14. The maximum absolute atomic E-state index is 11.1. The van der Waals surface area contributed by atoms with Gasteiger partial charge in [0.15, 0.2) is 6.10 Å². The number of carboxylic acid groups (broad SMARTS) is 1. The van der Waals surface area contributed by atoms with Gasteiger partial charge in [0, 0.05) is 10.4 Å². The van der Waals surface area contributed by atoms with Gasteiger partial charge >= 0.3 is 5.97 Å². The number of ether oxygens (including phenoxy) is 1. The summed E-state index contributed by atoms with van der Waals surface area (Å²) in [4.78, 5) is 21.7. The number of thiophene rings is 1. The van der Waals surface area contributed by atoms with Crippen LogP contribution >= 0.6 is 11.3 Å². The lowest BCUT2D eigenvalue weighted by molar-refractivity contribution is -0.144. The number of fused-ring (bicyclic) bond motifs is 1. The Balaban J connectivity index is 2.27. The predicted octanol–water partition coefficient (Wildman–Crippen LogP) is 4.08. The van der Waals surface area contributed by atoms with Crippen LogP contribution in [0, 0.1) is 6.92 Å². The zero-order valence-electron chi connectivity index (χ0n) is 13.7. The minimum atomic E-state index is -1.02. The van der Waals surface area contributed by atoms with Gasteiger partial charge in [-0.15, -0.1) is 11.3 Å². The molecule has 2 aromatic heterocycles. The molecule has 0 fully saturated rings. The lowest BCUT2D eigenvalue weighted by Gasteiger charge is -2.12. The van der Waals surface area contributed by atoms with E-state index in [2.05, 4.69) is 35.9 Å². The first-order valence-electron chi connectivity index (χ1n) is 7.74. The second kappa shape index (κ2) is 6.57. The molecule has 124 valence electrons. The maximum atomic E-state index is 11.1. The van der Waals surface area contributed by atoms with Crippen molar-refractivity contribution in [3.63, 3.8) is 0 Å². The van der Waals surface area contributed by atoms with Crippen molar-refractivity contribution in [2.24, 2.45) is 0 Å². The average Bonchev–Trinajstić information content (AvgIpc) is 2.94.